The Hall–Kier alpha value is -2.11. The molecule has 1 aromatic carbocycles. The summed E-state index contributed by atoms with van der Waals surface area (Å²) in [6.45, 7) is -0.100. The summed E-state index contributed by atoms with van der Waals surface area (Å²) in [7, 11) is 0. The number of nitrogens with zero attached hydrogens (tertiary/aromatic N) is 1. The molecule has 1 saturated heterocycles. The lowest BCUT2D eigenvalue weighted by Gasteiger charge is -2.15. The molecule has 0 bridgehead atoms. The maximum Gasteiger partial charge on any atom is 0.407 e. The molecule has 0 unspecified atom stereocenters. The Kier molecular flexibility index (Phi) is 3.18. The van der Waals surface area contributed by atoms with Crippen LogP contribution in [0.2, 0.25) is 0 Å². The van der Waals surface area contributed by atoms with E-state index in [1.54, 1.807) is 6.07 Å². The zero-order valence-corrected chi connectivity index (χ0v) is 9.41. The molecule has 96 valence electrons. The van der Waals surface area contributed by atoms with Gasteiger partial charge in [0.05, 0.1) is 5.92 Å². The summed E-state index contributed by atoms with van der Waals surface area (Å²) < 4.78 is 13.6. The highest BCUT2D eigenvalue weighted by Gasteiger charge is 2.41. The predicted octanol–water partition coefficient (Wildman–Crippen LogP) is 1.60. The van der Waals surface area contributed by atoms with Gasteiger partial charge in [0, 0.05) is 19.0 Å². The zero-order chi connectivity index (χ0) is 13.3. The van der Waals surface area contributed by atoms with Gasteiger partial charge in [0.25, 0.3) is 0 Å². The number of carbonyl (C=O) groups is 2. The van der Waals surface area contributed by atoms with Crippen molar-refractivity contribution in [1.29, 1.82) is 0 Å². The molecule has 0 saturated carbocycles. The molecule has 1 amide bonds. The van der Waals surface area contributed by atoms with Gasteiger partial charge in [-0.25, -0.2) is 9.18 Å². The van der Waals surface area contributed by atoms with Crippen LogP contribution in [-0.4, -0.2) is 40.3 Å². The van der Waals surface area contributed by atoms with Crippen LogP contribution < -0.4 is 0 Å². The monoisotopic (exact) mass is 253 g/mol. The van der Waals surface area contributed by atoms with E-state index in [2.05, 4.69) is 0 Å². The Morgan fingerprint density at radius 1 is 1.22 bits per heavy atom. The third-order valence-electron chi connectivity index (χ3n) is 3.21. The summed E-state index contributed by atoms with van der Waals surface area (Å²) >= 11 is 0. The van der Waals surface area contributed by atoms with Gasteiger partial charge in [-0.3, -0.25) is 4.79 Å². The first kappa shape index (κ1) is 12.3. The van der Waals surface area contributed by atoms with Crippen molar-refractivity contribution in [3.63, 3.8) is 0 Å². The number of benzene rings is 1. The van der Waals surface area contributed by atoms with Gasteiger partial charge in [0.15, 0.2) is 0 Å². The van der Waals surface area contributed by atoms with E-state index < -0.39 is 29.7 Å². The molecule has 2 atom stereocenters. The number of hydrogen-bond donors (Lipinski definition) is 2. The van der Waals surface area contributed by atoms with Crippen LogP contribution >= 0.6 is 0 Å². The van der Waals surface area contributed by atoms with E-state index in [9.17, 15) is 14.0 Å². The van der Waals surface area contributed by atoms with Crippen molar-refractivity contribution in [2.75, 3.05) is 13.1 Å². The minimum Gasteiger partial charge on any atom is -0.481 e. The smallest absolute Gasteiger partial charge is 0.407 e. The Labute approximate surface area is 102 Å². The van der Waals surface area contributed by atoms with Crippen molar-refractivity contribution in [3.05, 3.63) is 35.6 Å². The van der Waals surface area contributed by atoms with Gasteiger partial charge in [-0.15, -0.1) is 0 Å². The van der Waals surface area contributed by atoms with E-state index >= 15 is 0 Å². The fourth-order valence-corrected chi connectivity index (χ4v) is 2.30. The topological polar surface area (TPSA) is 77.8 Å². The van der Waals surface area contributed by atoms with Crippen molar-refractivity contribution in [2.45, 2.75) is 5.92 Å². The van der Waals surface area contributed by atoms with E-state index in [1.165, 1.54) is 18.2 Å². The Balaban J connectivity index is 2.33. The van der Waals surface area contributed by atoms with Crippen LogP contribution in [0.25, 0.3) is 0 Å². The van der Waals surface area contributed by atoms with Crippen LogP contribution in [0.1, 0.15) is 11.5 Å². The second kappa shape index (κ2) is 4.64. The van der Waals surface area contributed by atoms with Crippen LogP contribution in [-0.2, 0) is 4.79 Å². The third-order valence-corrected chi connectivity index (χ3v) is 3.21. The van der Waals surface area contributed by atoms with Gasteiger partial charge in [-0.1, -0.05) is 18.2 Å². The Bertz CT molecular complexity index is 491. The maximum absolute atomic E-state index is 13.6. The average molecular weight is 253 g/mol. The Morgan fingerprint density at radius 2 is 1.89 bits per heavy atom. The summed E-state index contributed by atoms with van der Waals surface area (Å²) in [6, 6.07) is 5.87. The van der Waals surface area contributed by atoms with Crippen molar-refractivity contribution in [1.82, 2.24) is 4.90 Å². The second-order valence-corrected chi connectivity index (χ2v) is 4.26. The third kappa shape index (κ3) is 2.13. The van der Waals surface area contributed by atoms with Gasteiger partial charge in [-0.05, 0) is 11.6 Å². The molecule has 0 spiro atoms. The number of halogens is 1. The molecule has 0 radical (unpaired) electrons. The minimum absolute atomic E-state index is 0.00718. The van der Waals surface area contributed by atoms with Crippen molar-refractivity contribution < 1.29 is 24.2 Å². The summed E-state index contributed by atoms with van der Waals surface area (Å²) in [4.78, 5) is 23.0. The highest BCUT2D eigenvalue weighted by atomic mass is 19.1. The molecule has 0 aliphatic carbocycles. The molecule has 5 nitrogen and oxygen atoms in total. The molecule has 1 aromatic rings. The average Bonchev–Trinajstić information content (AvgIpc) is 2.74. The molecule has 1 fully saturated rings. The zero-order valence-electron chi connectivity index (χ0n) is 9.41. The van der Waals surface area contributed by atoms with Crippen molar-refractivity contribution in [2.24, 2.45) is 5.92 Å². The molecule has 1 aliphatic heterocycles. The van der Waals surface area contributed by atoms with Crippen molar-refractivity contribution >= 4 is 12.1 Å². The standard InChI is InChI=1S/C12H12FNO4/c13-10-4-2-1-3-7(10)8-5-14(12(17)18)6-9(8)11(15)16/h1-4,8-9H,5-6H2,(H,15,16)(H,17,18)/t8-,9+/m1/s1. The van der Waals surface area contributed by atoms with E-state index in [0.717, 1.165) is 4.90 Å². The van der Waals surface area contributed by atoms with Gasteiger partial charge in [-0.2, -0.15) is 0 Å². The fraction of sp³-hybridized carbons (Fsp3) is 0.333. The number of likely N-dealkylation sites (tertiary alicyclic amines) is 1. The van der Waals surface area contributed by atoms with Gasteiger partial charge < -0.3 is 15.1 Å². The number of aliphatic carboxylic acids is 1. The van der Waals surface area contributed by atoms with E-state index in [1.807, 2.05) is 0 Å². The lowest BCUT2D eigenvalue weighted by Crippen LogP contribution is -2.28. The molecular formula is C12H12FNO4. The summed E-state index contributed by atoms with van der Waals surface area (Å²) in [5.41, 5.74) is 0.258. The van der Waals surface area contributed by atoms with Crippen LogP contribution in [0.4, 0.5) is 9.18 Å². The maximum atomic E-state index is 13.6. The van der Waals surface area contributed by atoms with Crippen molar-refractivity contribution in [3.8, 4) is 0 Å². The van der Waals surface area contributed by atoms with Gasteiger partial charge in [0.2, 0.25) is 0 Å². The number of carboxylic acids is 1. The first-order valence-electron chi connectivity index (χ1n) is 5.46. The molecule has 2 N–H and O–H groups in total. The van der Waals surface area contributed by atoms with Gasteiger partial charge in [0.1, 0.15) is 5.82 Å². The fourth-order valence-electron chi connectivity index (χ4n) is 2.30. The molecule has 0 aromatic heterocycles. The van der Waals surface area contributed by atoms with E-state index in [-0.39, 0.29) is 18.7 Å². The molecule has 18 heavy (non-hydrogen) atoms. The Morgan fingerprint density at radius 3 is 2.44 bits per heavy atom. The summed E-state index contributed by atoms with van der Waals surface area (Å²) in [5, 5.41) is 18.0. The molecular weight excluding hydrogens is 241 g/mol. The quantitative estimate of drug-likeness (QED) is 0.839. The summed E-state index contributed by atoms with van der Waals surface area (Å²) in [5.74, 6) is -3.15. The molecule has 1 aliphatic rings. The summed E-state index contributed by atoms with van der Waals surface area (Å²) in [6.07, 6.45) is -1.18. The number of amides is 1. The second-order valence-electron chi connectivity index (χ2n) is 4.26. The van der Waals surface area contributed by atoms with E-state index in [4.69, 9.17) is 10.2 Å². The van der Waals surface area contributed by atoms with Crippen LogP contribution in [0, 0.1) is 11.7 Å². The van der Waals surface area contributed by atoms with E-state index in [0.29, 0.717) is 0 Å². The lowest BCUT2D eigenvalue weighted by atomic mass is 9.89. The van der Waals surface area contributed by atoms with Crippen LogP contribution in [0.15, 0.2) is 24.3 Å². The first-order chi connectivity index (χ1) is 8.50. The minimum atomic E-state index is -1.18. The first-order valence-corrected chi connectivity index (χ1v) is 5.46. The SMILES string of the molecule is O=C(O)[C@H]1CN(C(=O)O)C[C@@H]1c1ccccc1F. The largest absolute Gasteiger partial charge is 0.481 e. The van der Waals surface area contributed by atoms with Gasteiger partial charge >= 0.3 is 12.1 Å². The molecule has 2 rings (SSSR count). The number of carboxylic acid groups (broad SMARTS) is 2. The number of hydrogen-bond acceptors (Lipinski definition) is 2. The highest BCUT2D eigenvalue weighted by Crippen LogP contribution is 2.34. The van der Waals surface area contributed by atoms with Crippen LogP contribution in [0.3, 0.4) is 0 Å². The normalized spacial score (nSPS) is 23.1. The molecule has 1 heterocycles. The molecule has 6 heteroatoms. The predicted molar refractivity (Wildman–Crippen MR) is 59.9 cm³/mol. The lowest BCUT2D eigenvalue weighted by molar-refractivity contribution is -0.141. The highest BCUT2D eigenvalue weighted by molar-refractivity contribution is 5.75. The number of rotatable bonds is 2. The van der Waals surface area contributed by atoms with Crippen LogP contribution in [0.5, 0.6) is 0 Å².